The molecule has 0 saturated heterocycles. The van der Waals surface area contributed by atoms with E-state index in [4.69, 9.17) is 28.3 Å². The van der Waals surface area contributed by atoms with Crippen LogP contribution in [0.4, 0.5) is 0 Å². The summed E-state index contributed by atoms with van der Waals surface area (Å²) >= 11 is 11.6. The molecule has 11 heavy (non-hydrogen) atoms. The summed E-state index contributed by atoms with van der Waals surface area (Å²) < 4.78 is 0. The summed E-state index contributed by atoms with van der Waals surface area (Å²) in [6.45, 7) is 1.27. The number of halogens is 2. The van der Waals surface area contributed by atoms with Gasteiger partial charge in [0, 0.05) is 13.6 Å². The molecule has 5 heteroatoms. The number of aliphatic hydroxyl groups excluding tert-OH is 1. The van der Waals surface area contributed by atoms with Crippen molar-refractivity contribution in [1.29, 1.82) is 0 Å². The van der Waals surface area contributed by atoms with Gasteiger partial charge >= 0.3 is 0 Å². The van der Waals surface area contributed by atoms with Gasteiger partial charge in [0.25, 0.3) is 0 Å². The molecule has 1 rings (SSSR count). The van der Waals surface area contributed by atoms with Gasteiger partial charge < -0.3 is 14.9 Å². The Morgan fingerprint density at radius 1 is 1.45 bits per heavy atom. The van der Waals surface area contributed by atoms with Crippen LogP contribution in [0.3, 0.4) is 0 Å². The van der Waals surface area contributed by atoms with Crippen molar-refractivity contribution in [2.45, 2.75) is 0 Å². The van der Waals surface area contributed by atoms with Crippen molar-refractivity contribution in [3.8, 4) is 0 Å². The Bertz CT molecular complexity index is 183. The molecule has 1 aliphatic rings. The second kappa shape index (κ2) is 3.52. The maximum atomic E-state index is 8.63. The van der Waals surface area contributed by atoms with Crippen LogP contribution in [0.5, 0.6) is 0 Å². The molecule has 0 atom stereocenters. The monoisotopic (exact) mass is 196 g/mol. The molecule has 0 aromatic rings. The van der Waals surface area contributed by atoms with Crippen LogP contribution in [0, 0.1) is 0 Å². The van der Waals surface area contributed by atoms with Crippen molar-refractivity contribution < 1.29 is 5.11 Å². The summed E-state index contributed by atoms with van der Waals surface area (Å²) in [7, 11) is 1.85. The Balaban J connectivity index is 2.62. The van der Waals surface area contributed by atoms with Gasteiger partial charge in [0.05, 0.1) is 13.3 Å². The van der Waals surface area contributed by atoms with Crippen molar-refractivity contribution in [3.05, 3.63) is 10.3 Å². The average molecular weight is 197 g/mol. The van der Waals surface area contributed by atoms with Crippen LogP contribution in [0.1, 0.15) is 0 Å². The highest BCUT2D eigenvalue weighted by atomic mass is 35.5. The number of hydrogen-bond donors (Lipinski definition) is 1. The third-order valence-corrected chi connectivity index (χ3v) is 2.52. The predicted molar refractivity (Wildman–Crippen MR) is 45.2 cm³/mol. The van der Waals surface area contributed by atoms with Crippen LogP contribution in [-0.2, 0) is 0 Å². The second-order valence-corrected chi connectivity index (χ2v) is 3.12. The molecule has 0 aromatic heterocycles. The Morgan fingerprint density at radius 2 is 2.09 bits per heavy atom. The lowest BCUT2D eigenvalue weighted by atomic mass is 10.6. The number of rotatable bonds is 2. The lowest BCUT2D eigenvalue weighted by Crippen LogP contribution is -2.26. The third-order valence-electron chi connectivity index (χ3n) is 1.54. The number of nitrogens with zero attached hydrogens (tertiary/aromatic N) is 2. The van der Waals surface area contributed by atoms with Crippen LogP contribution >= 0.6 is 23.2 Å². The topological polar surface area (TPSA) is 26.7 Å². The summed E-state index contributed by atoms with van der Waals surface area (Å²) in [6.07, 6.45) is 0. The van der Waals surface area contributed by atoms with Gasteiger partial charge in [-0.05, 0) is 0 Å². The fraction of sp³-hybridized carbons (Fsp3) is 0.667. The zero-order valence-electron chi connectivity index (χ0n) is 6.22. The molecule has 0 bridgehead atoms. The molecular weight excluding hydrogens is 187 g/mol. The van der Waals surface area contributed by atoms with E-state index in [2.05, 4.69) is 0 Å². The normalized spacial score (nSPS) is 18.5. The Hall–Kier alpha value is -0.120. The lowest BCUT2D eigenvalue weighted by molar-refractivity contribution is 0.213. The zero-order valence-corrected chi connectivity index (χ0v) is 7.73. The molecular formula is C6H10Cl2N2O. The van der Waals surface area contributed by atoms with Gasteiger partial charge in [-0.1, -0.05) is 23.2 Å². The second-order valence-electron chi connectivity index (χ2n) is 2.41. The van der Waals surface area contributed by atoms with Crippen LogP contribution in [0.25, 0.3) is 0 Å². The highest BCUT2D eigenvalue weighted by Crippen LogP contribution is 2.27. The molecule has 0 aromatic carbocycles. The number of hydrogen-bond acceptors (Lipinski definition) is 3. The fourth-order valence-electron chi connectivity index (χ4n) is 0.958. The van der Waals surface area contributed by atoms with Gasteiger partial charge in [-0.2, -0.15) is 0 Å². The lowest BCUT2D eigenvalue weighted by Gasteiger charge is -2.17. The third kappa shape index (κ3) is 1.72. The average Bonchev–Trinajstić information content (AvgIpc) is 2.19. The first-order valence-electron chi connectivity index (χ1n) is 3.29. The maximum Gasteiger partial charge on any atom is 0.142 e. The van der Waals surface area contributed by atoms with E-state index in [0.717, 1.165) is 0 Å². The highest BCUT2D eigenvalue weighted by Gasteiger charge is 2.22. The predicted octanol–water partition coefficient (Wildman–Crippen LogP) is 0.788. The number of β-amino-alcohol motifs (C(OH)–C–C–N with tert-alkyl or cyclic N) is 1. The fourth-order valence-corrected chi connectivity index (χ4v) is 1.41. The van der Waals surface area contributed by atoms with Gasteiger partial charge in [0.2, 0.25) is 0 Å². The molecule has 1 aliphatic heterocycles. The molecule has 0 amide bonds. The summed E-state index contributed by atoms with van der Waals surface area (Å²) in [5.74, 6) is 0. The van der Waals surface area contributed by atoms with E-state index in [1.54, 1.807) is 0 Å². The SMILES string of the molecule is CN1CN(CCO)C(Cl)=C1Cl. The van der Waals surface area contributed by atoms with Crippen molar-refractivity contribution in [1.82, 2.24) is 9.80 Å². The Kier molecular flexibility index (Phi) is 2.87. The van der Waals surface area contributed by atoms with Gasteiger partial charge in [0.15, 0.2) is 0 Å². The molecule has 1 N–H and O–H groups in total. The Morgan fingerprint density at radius 3 is 2.45 bits per heavy atom. The molecule has 3 nitrogen and oxygen atoms in total. The molecule has 0 saturated carbocycles. The van der Waals surface area contributed by atoms with E-state index in [0.29, 0.717) is 23.5 Å². The van der Waals surface area contributed by atoms with Gasteiger partial charge in [0.1, 0.15) is 10.3 Å². The highest BCUT2D eigenvalue weighted by molar-refractivity contribution is 6.38. The van der Waals surface area contributed by atoms with Crippen molar-refractivity contribution in [2.24, 2.45) is 0 Å². The van der Waals surface area contributed by atoms with E-state index >= 15 is 0 Å². The molecule has 0 aliphatic carbocycles. The maximum absolute atomic E-state index is 8.63. The summed E-state index contributed by atoms with van der Waals surface area (Å²) in [5.41, 5.74) is 0. The minimum absolute atomic E-state index is 0.0915. The molecule has 1 heterocycles. The Labute approximate surface area is 75.8 Å². The van der Waals surface area contributed by atoms with Crippen molar-refractivity contribution >= 4 is 23.2 Å². The largest absolute Gasteiger partial charge is 0.395 e. The number of aliphatic hydroxyl groups is 1. The first kappa shape index (κ1) is 8.97. The first-order chi connectivity index (χ1) is 5.16. The minimum Gasteiger partial charge on any atom is -0.395 e. The van der Waals surface area contributed by atoms with Crippen molar-refractivity contribution in [3.63, 3.8) is 0 Å². The smallest absolute Gasteiger partial charge is 0.142 e. The summed E-state index contributed by atoms with van der Waals surface area (Å²) in [6, 6.07) is 0. The van der Waals surface area contributed by atoms with Crippen molar-refractivity contribution in [2.75, 3.05) is 26.9 Å². The zero-order chi connectivity index (χ0) is 8.43. The van der Waals surface area contributed by atoms with Gasteiger partial charge in [-0.15, -0.1) is 0 Å². The molecule has 0 unspecified atom stereocenters. The minimum atomic E-state index is 0.0915. The van der Waals surface area contributed by atoms with E-state index in [1.165, 1.54) is 0 Å². The van der Waals surface area contributed by atoms with E-state index < -0.39 is 0 Å². The van der Waals surface area contributed by atoms with E-state index in [-0.39, 0.29) is 6.61 Å². The standard InChI is InChI=1S/C6H10Cl2N2O/c1-9-4-10(2-3-11)6(8)5(9)7/h11H,2-4H2,1H3. The van der Waals surface area contributed by atoms with E-state index in [9.17, 15) is 0 Å². The van der Waals surface area contributed by atoms with Gasteiger partial charge in [-0.3, -0.25) is 0 Å². The molecule has 0 fully saturated rings. The van der Waals surface area contributed by atoms with Crippen LogP contribution in [0.15, 0.2) is 10.3 Å². The quantitative estimate of drug-likeness (QED) is 0.663. The van der Waals surface area contributed by atoms with E-state index in [1.807, 2.05) is 16.8 Å². The van der Waals surface area contributed by atoms with Gasteiger partial charge in [-0.25, -0.2) is 0 Å². The molecule has 64 valence electrons. The van der Waals surface area contributed by atoms with Crippen LogP contribution in [0.2, 0.25) is 0 Å². The first-order valence-corrected chi connectivity index (χ1v) is 4.04. The summed E-state index contributed by atoms with van der Waals surface area (Å²) in [4.78, 5) is 3.63. The summed E-state index contributed by atoms with van der Waals surface area (Å²) in [5, 5.41) is 9.69. The van der Waals surface area contributed by atoms with Crippen LogP contribution < -0.4 is 0 Å². The molecule has 0 spiro atoms. The molecule has 0 radical (unpaired) electrons. The van der Waals surface area contributed by atoms with Crippen LogP contribution in [-0.4, -0.2) is 41.8 Å².